The van der Waals surface area contributed by atoms with Crippen LogP contribution in [0.4, 0.5) is 0 Å². The maximum Gasteiger partial charge on any atom is 0.325 e. The van der Waals surface area contributed by atoms with E-state index in [-0.39, 0.29) is 12.1 Å². The van der Waals surface area contributed by atoms with Crippen molar-refractivity contribution in [2.45, 2.75) is 11.7 Å². The Hall–Kier alpha value is -2.42. The molecule has 0 aliphatic rings. The van der Waals surface area contributed by atoms with E-state index in [1.165, 1.54) is 30.4 Å². The van der Waals surface area contributed by atoms with Gasteiger partial charge in [-0.15, -0.1) is 0 Å². The van der Waals surface area contributed by atoms with Crippen molar-refractivity contribution >= 4 is 17.7 Å². The highest BCUT2D eigenvalue weighted by molar-refractivity contribution is 7.98. The molecule has 9 heteroatoms. The van der Waals surface area contributed by atoms with Gasteiger partial charge in [0, 0.05) is 25.1 Å². The van der Waals surface area contributed by atoms with Crippen LogP contribution in [0.1, 0.15) is 15.9 Å². The summed E-state index contributed by atoms with van der Waals surface area (Å²) in [5.74, 6) is -0.400. The van der Waals surface area contributed by atoms with Gasteiger partial charge in [-0.3, -0.25) is 14.6 Å². The van der Waals surface area contributed by atoms with Gasteiger partial charge >= 0.3 is 5.69 Å². The molecule has 0 fully saturated rings. The summed E-state index contributed by atoms with van der Waals surface area (Å²) in [6, 6.07) is 0. The molecule has 104 valence electrons. The predicted molar refractivity (Wildman–Crippen MR) is 72.7 cm³/mol. The van der Waals surface area contributed by atoms with Gasteiger partial charge in [0.15, 0.2) is 5.16 Å². The molecule has 0 aliphatic carbocycles. The number of nitrogens with one attached hydrogen (secondary N) is 3. The minimum atomic E-state index is -0.592. The quantitative estimate of drug-likeness (QED) is 0.516. The second-order valence-electron chi connectivity index (χ2n) is 3.74. The molecule has 0 aromatic carbocycles. The van der Waals surface area contributed by atoms with Crippen LogP contribution >= 0.6 is 11.8 Å². The number of carbonyl (C=O) groups excluding carboxylic acids is 1. The summed E-state index contributed by atoms with van der Waals surface area (Å²) in [5.41, 5.74) is -0.586. The van der Waals surface area contributed by atoms with Gasteiger partial charge in [0.1, 0.15) is 0 Å². The molecular weight excluding hydrogens is 282 g/mol. The molecule has 0 bridgehead atoms. The summed E-state index contributed by atoms with van der Waals surface area (Å²) in [5, 5.41) is 3.11. The van der Waals surface area contributed by atoms with Crippen molar-refractivity contribution in [3.63, 3.8) is 0 Å². The second-order valence-corrected chi connectivity index (χ2v) is 4.51. The third-order valence-electron chi connectivity index (χ3n) is 2.41. The normalized spacial score (nSPS) is 10.2. The standard InChI is InChI=1S/C11H11N5O3S/c1-20-11-14-4-6(5-15-11)8(17)12-2-7-3-13-10(19)16-9(7)18/h3-5H,2H2,1H3,(H,12,17)(H2,13,16,18,19). The highest BCUT2D eigenvalue weighted by atomic mass is 32.2. The van der Waals surface area contributed by atoms with Crippen LogP contribution in [0.5, 0.6) is 0 Å². The Kier molecular flexibility index (Phi) is 4.31. The lowest BCUT2D eigenvalue weighted by Crippen LogP contribution is -2.30. The van der Waals surface area contributed by atoms with E-state index in [4.69, 9.17) is 0 Å². The molecule has 1 amide bonds. The minimum absolute atomic E-state index is 0.00474. The summed E-state index contributed by atoms with van der Waals surface area (Å²) in [6.07, 6.45) is 5.91. The number of rotatable bonds is 4. The first-order chi connectivity index (χ1) is 9.60. The van der Waals surface area contributed by atoms with E-state index in [9.17, 15) is 14.4 Å². The fourth-order valence-corrected chi connectivity index (χ4v) is 1.70. The zero-order valence-electron chi connectivity index (χ0n) is 10.5. The largest absolute Gasteiger partial charge is 0.348 e. The van der Waals surface area contributed by atoms with Gasteiger partial charge in [0.2, 0.25) is 0 Å². The zero-order valence-corrected chi connectivity index (χ0v) is 11.3. The average molecular weight is 293 g/mol. The Morgan fingerprint density at radius 2 is 2.05 bits per heavy atom. The Morgan fingerprint density at radius 3 is 2.65 bits per heavy atom. The van der Waals surface area contributed by atoms with Crippen molar-refractivity contribution in [1.29, 1.82) is 0 Å². The first kappa shape index (κ1) is 14.0. The van der Waals surface area contributed by atoms with Crippen LogP contribution < -0.4 is 16.6 Å². The van der Waals surface area contributed by atoms with Crippen LogP contribution in [0.15, 0.2) is 33.3 Å². The van der Waals surface area contributed by atoms with Crippen LogP contribution in [0.3, 0.4) is 0 Å². The van der Waals surface area contributed by atoms with E-state index in [1.54, 1.807) is 0 Å². The fourth-order valence-electron chi connectivity index (χ4n) is 1.39. The predicted octanol–water partition coefficient (Wildman–Crippen LogP) is -0.495. The number of nitrogens with zero attached hydrogens (tertiary/aromatic N) is 2. The van der Waals surface area contributed by atoms with E-state index >= 15 is 0 Å². The maximum absolute atomic E-state index is 11.8. The molecule has 2 rings (SSSR count). The molecular formula is C11H11N5O3S. The highest BCUT2D eigenvalue weighted by Crippen LogP contribution is 2.06. The molecule has 2 heterocycles. The number of hydrogen-bond donors (Lipinski definition) is 3. The SMILES string of the molecule is CSc1ncc(C(=O)NCc2c[nH]c(=O)[nH]c2=O)cn1. The number of aromatic nitrogens is 4. The van der Waals surface area contributed by atoms with E-state index in [0.29, 0.717) is 10.7 Å². The minimum Gasteiger partial charge on any atom is -0.348 e. The van der Waals surface area contributed by atoms with Gasteiger partial charge in [-0.25, -0.2) is 14.8 Å². The van der Waals surface area contributed by atoms with Crippen molar-refractivity contribution in [2.75, 3.05) is 6.26 Å². The number of hydrogen-bond acceptors (Lipinski definition) is 6. The van der Waals surface area contributed by atoms with Crippen molar-refractivity contribution in [1.82, 2.24) is 25.3 Å². The zero-order chi connectivity index (χ0) is 14.5. The molecule has 0 spiro atoms. The van der Waals surface area contributed by atoms with E-state index in [1.807, 2.05) is 6.26 Å². The fraction of sp³-hybridized carbons (Fsp3) is 0.182. The number of H-pyrrole nitrogens is 2. The lowest BCUT2D eigenvalue weighted by atomic mass is 10.3. The monoisotopic (exact) mass is 293 g/mol. The number of aromatic amines is 2. The van der Waals surface area contributed by atoms with Crippen LogP contribution in [0, 0.1) is 0 Å². The van der Waals surface area contributed by atoms with Gasteiger partial charge in [-0.05, 0) is 6.26 Å². The lowest BCUT2D eigenvalue weighted by molar-refractivity contribution is 0.0950. The Balaban J connectivity index is 2.04. The Labute approximate surface area is 117 Å². The summed E-state index contributed by atoms with van der Waals surface area (Å²) in [4.78, 5) is 46.4. The molecule has 0 aliphatic heterocycles. The maximum atomic E-state index is 11.8. The van der Waals surface area contributed by atoms with Crippen molar-refractivity contribution in [2.24, 2.45) is 0 Å². The summed E-state index contributed by atoms with van der Waals surface area (Å²) >= 11 is 1.37. The van der Waals surface area contributed by atoms with Gasteiger partial charge in [-0.1, -0.05) is 11.8 Å². The smallest absolute Gasteiger partial charge is 0.325 e. The summed E-state index contributed by atoms with van der Waals surface area (Å²) in [6.45, 7) is -0.00474. The topological polar surface area (TPSA) is 121 Å². The van der Waals surface area contributed by atoms with E-state index in [2.05, 4.69) is 25.3 Å². The van der Waals surface area contributed by atoms with Crippen molar-refractivity contribution in [3.8, 4) is 0 Å². The average Bonchev–Trinajstić information content (AvgIpc) is 2.46. The molecule has 2 aromatic rings. The van der Waals surface area contributed by atoms with Crippen LogP contribution in [0.25, 0.3) is 0 Å². The molecule has 0 saturated carbocycles. The third-order valence-corrected chi connectivity index (χ3v) is 2.98. The van der Waals surface area contributed by atoms with E-state index < -0.39 is 17.2 Å². The molecule has 0 unspecified atom stereocenters. The molecule has 3 N–H and O–H groups in total. The van der Waals surface area contributed by atoms with Crippen LogP contribution in [-0.4, -0.2) is 32.1 Å². The van der Waals surface area contributed by atoms with Gasteiger partial charge in [-0.2, -0.15) is 0 Å². The van der Waals surface area contributed by atoms with Gasteiger partial charge < -0.3 is 10.3 Å². The first-order valence-electron chi connectivity index (χ1n) is 5.55. The summed E-state index contributed by atoms with van der Waals surface area (Å²) in [7, 11) is 0. The molecule has 0 atom stereocenters. The second kappa shape index (κ2) is 6.15. The molecule has 20 heavy (non-hydrogen) atoms. The molecule has 2 aromatic heterocycles. The van der Waals surface area contributed by atoms with E-state index in [0.717, 1.165) is 0 Å². The Morgan fingerprint density at radius 1 is 1.35 bits per heavy atom. The molecule has 0 saturated heterocycles. The van der Waals surface area contributed by atoms with Crippen molar-refractivity contribution in [3.05, 3.63) is 50.6 Å². The van der Waals surface area contributed by atoms with Crippen LogP contribution in [0.2, 0.25) is 0 Å². The number of amides is 1. The number of thioether (sulfide) groups is 1. The Bertz CT molecular complexity index is 722. The molecule has 0 radical (unpaired) electrons. The van der Waals surface area contributed by atoms with Crippen LogP contribution in [-0.2, 0) is 6.54 Å². The highest BCUT2D eigenvalue weighted by Gasteiger charge is 2.08. The summed E-state index contributed by atoms with van der Waals surface area (Å²) < 4.78 is 0. The lowest BCUT2D eigenvalue weighted by Gasteiger charge is -2.04. The number of carbonyl (C=O) groups is 1. The van der Waals surface area contributed by atoms with Gasteiger partial charge in [0.05, 0.1) is 11.1 Å². The van der Waals surface area contributed by atoms with Crippen molar-refractivity contribution < 1.29 is 4.79 Å². The third kappa shape index (κ3) is 3.32. The van der Waals surface area contributed by atoms with Gasteiger partial charge in [0.25, 0.3) is 11.5 Å². The first-order valence-corrected chi connectivity index (χ1v) is 6.77. The molecule has 8 nitrogen and oxygen atoms in total.